The van der Waals surface area contributed by atoms with Crippen molar-refractivity contribution in [3.63, 3.8) is 0 Å². The van der Waals surface area contributed by atoms with Crippen molar-refractivity contribution in [2.75, 3.05) is 19.8 Å². The van der Waals surface area contributed by atoms with E-state index in [1.54, 1.807) is 0 Å². The number of fused-ring (bicyclic) bond motifs is 1. The first-order chi connectivity index (χ1) is 10.2. The zero-order chi connectivity index (χ0) is 14.7. The van der Waals surface area contributed by atoms with Gasteiger partial charge in [0.05, 0.1) is 6.04 Å². The molecule has 2 heterocycles. The summed E-state index contributed by atoms with van der Waals surface area (Å²) in [6.45, 7) is 4.72. The van der Waals surface area contributed by atoms with Crippen LogP contribution in [0.2, 0.25) is 0 Å². The van der Waals surface area contributed by atoms with Crippen molar-refractivity contribution in [3.05, 3.63) is 0 Å². The molecule has 2 saturated heterocycles. The van der Waals surface area contributed by atoms with Crippen molar-refractivity contribution in [2.24, 2.45) is 11.3 Å². The van der Waals surface area contributed by atoms with E-state index in [9.17, 15) is 4.79 Å². The Hall–Kier alpha value is -0.610. The molecule has 0 radical (unpaired) electrons. The van der Waals surface area contributed by atoms with Crippen LogP contribution in [0.4, 0.5) is 0 Å². The third-order valence-electron chi connectivity index (χ3n) is 5.86. The van der Waals surface area contributed by atoms with Crippen molar-refractivity contribution < 1.29 is 9.53 Å². The second-order valence-corrected chi connectivity index (χ2v) is 7.59. The molecule has 1 saturated carbocycles. The summed E-state index contributed by atoms with van der Waals surface area (Å²) >= 11 is 0. The number of piperidine rings is 1. The zero-order valence-electron chi connectivity index (χ0n) is 13.3. The van der Waals surface area contributed by atoms with Gasteiger partial charge < -0.3 is 15.4 Å². The predicted octanol–water partition coefficient (Wildman–Crippen LogP) is 2.23. The molecule has 0 aromatic rings. The van der Waals surface area contributed by atoms with Gasteiger partial charge in [0, 0.05) is 25.8 Å². The monoisotopic (exact) mass is 294 g/mol. The van der Waals surface area contributed by atoms with E-state index in [-0.39, 0.29) is 17.4 Å². The number of hydrogen-bond acceptors (Lipinski definition) is 3. The van der Waals surface area contributed by atoms with Crippen LogP contribution in [0.3, 0.4) is 0 Å². The summed E-state index contributed by atoms with van der Waals surface area (Å²) in [7, 11) is 0. The van der Waals surface area contributed by atoms with Crippen molar-refractivity contribution in [1.29, 1.82) is 0 Å². The SMILES string of the molecule is CC1(CNC(=O)C2CCC3CCCCC3N2)CCOCC1. The van der Waals surface area contributed by atoms with Gasteiger partial charge in [-0.1, -0.05) is 19.8 Å². The molecule has 3 rings (SSSR count). The van der Waals surface area contributed by atoms with Crippen molar-refractivity contribution >= 4 is 5.91 Å². The van der Waals surface area contributed by atoms with E-state index >= 15 is 0 Å². The van der Waals surface area contributed by atoms with Gasteiger partial charge >= 0.3 is 0 Å². The molecule has 21 heavy (non-hydrogen) atoms. The number of nitrogens with one attached hydrogen (secondary N) is 2. The van der Waals surface area contributed by atoms with E-state index in [1.165, 1.54) is 32.1 Å². The van der Waals surface area contributed by atoms with Gasteiger partial charge in [0.25, 0.3) is 0 Å². The van der Waals surface area contributed by atoms with Crippen LogP contribution in [-0.4, -0.2) is 37.7 Å². The summed E-state index contributed by atoms with van der Waals surface area (Å²) in [6, 6.07) is 0.620. The Bertz CT molecular complexity index is 366. The van der Waals surface area contributed by atoms with E-state index < -0.39 is 0 Å². The largest absolute Gasteiger partial charge is 0.381 e. The van der Waals surface area contributed by atoms with Crippen LogP contribution in [0.15, 0.2) is 0 Å². The summed E-state index contributed by atoms with van der Waals surface area (Å²) in [6.07, 6.45) is 9.63. The molecule has 1 aliphatic carbocycles. The summed E-state index contributed by atoms with van der Waals surface area (Å²) in [5.74, 6) is 1.03. The fourth-order valence-electron chi connectivity index (χ4n) is 4.17. The molecule has 0 bridgehead atoms. The highest BCUT2D eigenvalue weighted by Gasteiger charge is 2.35. The number of amides is 1. The third-order valence-corrected chi connectivity index (χ3v) is 5.86. The van der Waals surface area contributed by atoms with E-state index in [2.05, 4.69) is 17.6 Å². The molecule has 3 atom stereocenters. The maximum Gasteiger partial charge on any atom is 0.237 e. The van der Waals surface area contributed by atoms with Crippen LogP contribution in [0, 0.1) is 11.3 Å². The van der Waals surface area contributed by atoms with Gasteiger partial charge in [-0.15, -0.1) is 0 Å². The van der Waals surface area contributed by atoms with Crippen LogP contribution in [0.25, 0.3) is 0 Å². The lowest BCUT2D eigenvalue weighted by molar-refractivity contribution is -0.125. The molecule has 3 unspecified atom stereocenters. The van der Waals surface area contributed by atoms with Crippen molar-refractivity contribution in [2.45, 2.75) is 70.4 Å². The molecule has 2 N–H and O–H groups in total. The van der Waals surface area contributed by atoms with E-state index in [4.69, 9.17) is 4.74 Å². The zero-order valence-corrected chi connectivity index (χ0v) is 13.3. The predicted molar refractivity (Wildman–Crippen MR) is 83.1 cm³/mol. The van der Waals surface area contributed by atoms with Gasteiger partial charge in [-0.2, -0.15) is 0 Å². The topological polar surface area (TPSA) is 50.4 Å². The van der Waals surface area contributed by atoms with Crippen molar-refractivity contribution in [3.8, 4) is 0 Å². The van der Waals surface area contributed by atoms with Gasteiger partial charge in [0.2, 0.25) is 5.91 Å². The lowest BCUT2D eigenvalue weighted by Crippen LogP contribution is -2.56. The number of rotatable bonds is 3. The highest BCUT2D eigenvalue weighted by Crippen LogP contribution is 2.32. The van der Waals surface area contributed by atoms with Gasteiger partial charge in [-0.05, 0) is 49.9 Å². The van der Waals surface area contributed by atoms with Crippen LogP contribution in [0.1, 0.15) is 58.3 Å². The molecule has 0 aromatic heterocycles. The van der Waals surface area contributed by atoms with Crippen LogP contribution in [-0.2, 0) is 9.53 Å². The van der Waals surface area contributed by atoms with E-state index in [0.29, 0.717) is 6.04 Å². The van der Waals surface area contributed by atoms with Gasteiger partial charge in [-0.3, -0.25) is 4.79 Å². The lowest BCUT2D eigenvalue weighted by Gasteiger charge is -2.40. The Kier molecular flexibility index (Phi) is 4.85. The second kappa shape index (κ2) is 6.66. The molecule has 3 fully saturated rings. The minimum atomic E-state index is 0.0350. The Morgan fingerprint density at radius 3 is 2.76 bits per heavy atom. The average molecular weight is 294 g/mol. The third kappa shape index (κ3) is 3.78. The van der Waals surface area contributed by atoms with Crippen LogP contribution < -0.4 is 10.6 Å². The van der Waals surface area contributed by atoms with E-state index in [1.807, 2.05) is 0 Å². The Labute approximate surface area is 128 Å². The fourth-order valence-corrected chi connectivity index (χ4v) is 4.17. The first-order valence-corrected chi connectivity index (χ1v) is 8.78. The summed E-state index contributed by atoms with van der Waals surface area (Å²) in [5, 5.41) is 6.82. The molecular formula is C17H30N2O2. The number of ether oxygens (including phenoxy) is 1. The Morgan fingerprint density at radius 2 is 1.95 bits per heavy atom. The molecule has 1 amide bonds. The minimum absolute atomic E-state index is 0.0350. The minimum Gasteiger partial charge on any atom is -0.381 e. The molecule has 4 nitrogen and oxygen atoms in total. The van der Waals surface area contributed by atoms with E-state index in [0.717, 1.165) is 44.9 Å². The molecular weight excluding hydrogens is 264 g/mol. The maximum absolute atomic E-state index is 12.5. The summed E-state index contributed by atoms with van der Waals surface area (Å²) in [5.41, 5.74) is 0.218. The smallest absolute Gasteiger partial charge is 0.237 e. The van der Waals surface area contributed by atoms with Gasteiger partial charge in [0.15, 0.2) is 0 Å². The number of carbonyl (C=O) groups is 1. The maximum atomic E-state index is 12.5. The van der Waals surface area contributed by atoms with Gasteiger partial charge in [-0.25, -0.2) is 0 Å². The molecule has 3 aliphatic rings. The second-order valence-electron chi connectivity index (χ2n) is 7.59. The number of carbonyl (C=O) groups excluding carboxylic acids is 1. The first kappa shape index (κ1) is 15.3. The average Bonchev–Trinajstić information content (AvgIpc) is 2.53. The molecule has 120 valence electrons. The lowest BCUT2D eigenvalue weighted by atomic mass is 9.77. The van der Waals surface area contributed by atoms with Crippen LogP contribution in [0.5, 0.6) is 0 Å². The van der Waals surface area contributed by atoms with Gasteiger partial charge in [0.1, 0.15) is 0 Å². The normalized spacial score (nSPS) is 35.8. The molecule has 4 heteroatoms. The Morgan fingerprint density at radius 1 is 1.19 bits per heavy atom. The fraction of sp³-hybridized carbons (Fsp3) is 0.941. The first-order valence-electron chi connectivity index (χ1n) is 8.78. The van der Waals surface area contributed by atoms with Crippen LogP contribution >= 0.6 is 0 Å². The Balaban J connectivity index is 1.47. The summed E-state index contributed by atoms with van der Waals surface area (Å²) in [4.78, 5) is 12.5. The highest BCUT2D eigenvalue weighted by molar-refractivity contribution is 5.81. The summed E-state index contributed by atoms with van der Waals surface area (Å²) < 4.78 is 5.42. The molecule has 2 aliphatic heterocycles. The molecule has 0 spiro atoms. The number of hydrogen-bond donors (Lipinski definition) is 2. The highest BCUT2D eigenvalue weighted by atomic mass is 16.5. The quantitative estimate of drug-likeness (QED) is 0.839. The standard InChI is InChI=1S/C17H30N2O2/c1-17(8-10-21-11-9-17)12-18-16(20)15-7-6-13-4-2-3-5-14(13)19-15/h13-15,19H,2-12H2,1H3,(H,18,20). The molecule has 0 aromatic carbocycles. The van der Waals surface area contributed by atoms with Crippen molar-refractivity contribution in [1.82, 2.24) is 10.6 Å².